The maximum Gasteiger partial charge on any atom is 0.329 e. The Hall–Kier alpha value is -3.77. The Bertz CT molecular complexity index is 1430. The molecule has 3 aromatic heterocycles. The van der Waals surface area contributed by atoms with Gasteiger partial charge in [0, 0.05) is 12.4 Å². The lowest BCUT2D eigenvalue weighted by Gasteiger charge is -2.15. The van der Waals surface area contributed by atoms with Crippen LogP contribution in [-0.4, -0.2) is 53.1 Å². The van der Waals surface area contributed by atoms with E-state index >= 15 is 0 Å². The lowest BCUT2D eigenvalue weighted by atomic mass is 10.2. The molecule has 0 amide bonds. The Morgan fingerprint density at radius 2 is 1.94 bits per heavy atom. The van der Waals surface area contributed by atoms with Gasteiger partial charge in [-0.05, 0) is 19.9 Å². The van der Waals surface area contributed by atoms with E-state index in [1.165, 1.54) is 16.2 Å². The molecule has 0 fully saturated rings. The summed E-state index contributed by atoms with van der Waals surface area (Å²) in [4.78, 5) is 33.9. The molecule has 12 heteroatoms. The van der Waals surface area contributed by atoms with Crippen molar-refractivity contribution in [2.45, 2.75) is 32.6 Å². The first-order valence-corrected chi connectivity index (χ1v) is 9.97. The molecule has 4 aromatic rings. The number of H-pyrrole nitrogens is 2. The zero-order valence-corrected chi connectivity index (χ0v) is 17.7. The third-order valence-electron chi connectivity index (χ3n) is 4.90. The van der Waals surface area contributed by atoms with Crippen LogP contribution in [-0.2, 0) is 18.3 Å². The van der Waals surface area contributed by atoms with Gasteiger partial charge in [-0.1, -0.05) is 18.2 Å². The summed E-state index contributed by atoms with van der Waals surface area (Å²) in [5, 5.41) is 29.6. The van der Waals surface area contributed by atoms with Gasteiger partial charge in [0.25, 0.3) is 11.5 Å². The number of aliphatic hydroxyl groups is 1. The van der Waals surface area contributed by atoms with Crippen molar-refractivity contribution in [2.24, 2.45) is 17.3 Å². The van der Waals surface area contributed by atoms with E-state index in [-0.39, 0.29) is 47.9 Å². The molecule has 0 bridgehead atoms. The molecule has 1 atom stereocenters. The summed E-state index contributed by atoms with van der Waals surface area (Å²) in [6.45, 7) is 3.64. The van der Waals surface area contributed by atoms with Gasteiger partial charge in [0.1, 0.15) is 0 Å². The molecule has 0 saturated carbocycles. The largest absolute Gasteiger partial charge is 0.493 e. The van der Waals surface area contributed by atoms with Crippen molar-refractivity contribution in [3.63, 3.8) is 0 Å². The fourth-order valence-corrected chi connectivity index (χ4v) is 3.35. The van der Waals surface area contributed by atoms with Crippen LogP contribution in [0.1, 0.15) is 13.8 Å². The van der Waals surface area contributed by atoms with Gasteiger partial charge in [-0.3, -0.25) is 18.9 Å². The first-order chi connectivity index (χ1) is 15.3. The fraction of sp³-hybridized carbons (Fsp3) is 0.350. The molecule has 168 valence electrons. The number of nitrogens with one attached hydrogen (secondary N) is 2. The second-order valence-corrected chi connectivity index (χ2v) is 7.62. The number of aromatic amines is 2. The second-order valence-electron chi connectivity index (χ2n) is 7.62. The topological polar surface area (TPSA) is 163 Å². The highest BCUT2D eigenvalue weighted by Crippen LogP contribution is 2.36. The molecule has 32 heavy (non-hydrogen) atoms. The number of hydrogen-bond acceptors (Lipinski definition) is 8. The van der Waals surface area contributed by atoms with E-state index in [9.17, 15) is 19.8 Å². The van der Waals surface area contributed by atoms with Crippen molar-refractivity contribution in [3.8, 4) is 5.88 Å². The molecule has 0 radical (unpaired) electrons. The number of nitrogens with zero attached hydrogens (tertiary/aromatic N) is 5. The SMILES string of the molecule is CC(C)OC[C@H](O)Cn1c(N=Nc2c(O)[nH]c3ccccc23)nc2c1c(=O)[nH]c(=O)n2C. The summed E-state index contributed by atoms with van der Waals surface area (Å²) < 4.78 is 7.99. The maximum atomic E-state index is 12.5. The fourth-order valence-electron chi connectivity index (χ4n) is 3.35. The Kier molecular flexibility index (Phi) is 5.63. The Morgan fingerprint density at radius 3 is 2.69 bits per heavy atom. The van der Waals surface area contributed by atoms with Crippen LogP contribution in [0.15, 0.2) is 44.1 Å². The van der Waals surface area contributed by atoms with E-state index in [4.69, 9.17) is 4.74 Å². The average Bonchev–Trinajstić information content (AvgIpc) is 3.26. The highest BCUT2D eigenvalue weighted by Gasteiger charge is 2.20. The van der Waals surface area contributed by atoms with Crippen LogP contribution in [0.4, 0.5) is 11.6 Å². The third-order valence-corrected chi connectivity index (χ3v) is 4.90. The molecule has 3 heterocycles. The first kappa shape index (κ1) is 21.5. The molecule has 12 nitrogen and oxygen atoms in total. The molecule has 0 aliphatic rings. The maximum absolute atomic E-state index is 12.5. The van der Waals surface area contributed by atoms with Gasteiger partial charge in [0.2, 0.25) is 5.88 Å². The minimum absolute atomic E-state index is 0.0139. The zero-order valence-electron chi connectivity index (χ0n) is 17.7. The van der Waals surface area contributed by atoms with Crippen LogP contribution in [0.5, 0.6) is 5.88 Å². The van der Waals surface area contributed by atoms with Crippen LogP contribution in [0, 0.1) is 0 Å². The molecule has 1 aromatic carbocycles. The number of benzene rings is 1. The van der Waals surface area contributed by atoms with Crippen LogP contribution in [0.2, 0.25) is 0 Å². The van der Waals surface area contributed by atoms with E-state index in [0.717, 1.165) is 0 Å². The number of aliphatic hydroxyl groups excluding tert-OH is 1. The van der Waals surface area contributed by atoms with Crippen molar-refractivity contribution in [1.29, 1.82) is 0 Å². The van der Waals surface area contributed by atoms with Crippen molar-refractivity contribution in [1.82, 2.24) is 24.1 Å². The van der Waals surface area contributed by atoms with E-state index in [1.54, 1.807) is 18.2 Å². The van der Waals surface area contributed by atoms with Gasteiger partial charge in [0.05, 0.1) is 30.9 Å². The molecular formula is C20H23N7O5. The van der Waals surface area contributed by atoms with Crippen LogP contribution >= 0.6 is 0 Å². The molecular weight excluding hydrogens is 418 g/mol. The standard InChI is InChI=1S/C20H23N7O5/c1-10(2)32-9-11(28)8-27-15-16(26(3)20(31)23-18(15)30)22-19(27)25-24-14-12-6-4-5-7-13(12)21-17(14)29/h4-7,10-11,21,28-29H,8-9H2,1-3H3,(H,23,30,31)/t11-/m1/s1. The smallest absolute Gasteiger partial charge is 0.329 e. The summed E-state index contributed by atoms with van der Waals surface area (Å²) in [5.41, 5.74) is -0.267. The molecule has 4 rings (SSSR count). The summed E-state index contributed by atoms with van der Waals surface area (Å²) in [6, 6.07) is 7.16. The minimum Gasteiger partial charge on any atom is -0.493 e. The van der Waals surface area contributed by atoms with Gasteiger partial charge >= 0.3 is 5.69 Å². The molecule has 0 unspecified atom stereocenters. The number of aromatic nitrogens is 5. The number of aromatic hydroxyl groups is 1. The Labute approximate surface area is 180 Å². The number of aryl methyl sites for hydroxylation is 1. The van der Waals surface area contributed by atoms with E-state index in [1.807, 2.05) is 19.9 Å². The summed E-state index contributed by atoms with van der Waals surface area (Å²) >= 11 is 0. The highest BCUT2D eigenvalue weighted by molar-refractivity contribution is 5.94. The molecule has 0 saturated heterocycles. The normalized spacial score (nSPS) is 13.2. The van der Waals surface area contributed by atoms with Crippen LogP contribution < -0.4 is 11.2 Å². The monoisotopic (exact) mass is 441 g/mol. The zero-order chi connectivity index (χ0) is 23.0. The molecule has 0 aliphatic carbocycles. The van der Waals surface area contributed by atoms with Gasteiger partial charge in [-0.25, -0.2) is 4.79 Å². The van der Waals surface area contributed by atoms with Gasteiger partial charge < -0.3 is 19.9 Å². The predicted molar refractivity (Wildman–Crippen MR) is 117 cm³/mol. The van der Waals surface area contributed by atoms with Crippen molar-refractivity contribution in [2.75, 3.05) is 6.61 Å². The summed E-state index contributed by atoms with van der Waals surface area (Å²) in [6.07, 6.45) is -1.06. The highest BCUT2D eigenvalue weighted by atomic mass is 16.5. The van der Waals surface area contributed by atoms with Gasteiger partial charge in [-0.15, -0.1) is 10.2 Å². The number of para-hydroxylation sites is 1. The lowest BCUT2D eigenvalue weighted by molar-refractivity contribution is -0.000142. The number of ether oxygens (including phenoxy) is 1. The van der Waals surface area contributed by atoms with Gasteiger partial charge in [-0.2, -0.15) is 4.98 Å². The second kappa shape index (κ2) is 8.40. The third kappa shape index (κ3) is 3.92. The number of rotatable bonds is 7. The van der Waals surface area contributed by atoms with E-state index in [0.29, 0.717) is 10.9 Å². The number of fused-ring (bicyclic) bond motifs is 2. The van der Waals surface area contributed by atoms with Crippen LogP contribution in [0.25, 0.3) is 22.1 Å². The number of imidazole rings is 1. The quantitative estimate of drug-likeness (QED) is 0.320. The molecule has 0 spiro atoms. The number of azo groups is 1. The average molecular weight is 441 g/mol. The summed E-state index contributed by atoms with van der Waals surface area (Å²) in [5.74, 6) is -0.187. The molecule has 4 N–H and O–H groups in total. The summed E-state index contributed by atoms with van der Waals surface area (Å²) in [7, 11) is 1.46. The predicted octanol–water partition coefficient (Wildman–Crippen LogP) is 1.81. The number of hydrogen-bond donors (Lipinski definition) is 4. The molecule has 0 aliphatic heterocycles. The minimum atomic E-state index is -0.970. The lowest BCUT2D eigenvalue weighted by Crippen LogP contribution is -2.30. The van der Waals surface area contributed by atoms with E-state index < -0.39 is 17.4 Å². The van der Waals surface area contributed by atoms with Crippen molar-refractivity contribution >= 4 is 33.7 Å². The van der Waals surface area contributed by atoms with E-state index in [2.05, 4.69) is 25.2 Å². The van der Waals surface area contributed by atoms with Gasteiger partial charge in [0.15, 0.2) is 16.9 Å². The van der Waals surface area contributed by atoms with Crippen LogP contribution in [0.3, 0.4) is 0 Å². The van der Waals surface area contributed by atoms with Crippen molar-refractivity contribution < 1.29 is 14.9 Å². The Morgan fingerprint density at radius 1 is 1.19 bits per heavy atom. The van der Waals surface area contributed by atoms with Crippen molar-refractivity contribution in [3.05, 3.63) is 45.1 Å². The Balaban J connectivity index is 1.82. The first-order valence-electron chi connectivity index (χ1n) is 9.97.